The Morgan fingerprint density at radius 2 is 2.00 bits per heavy atom. The Kier molecular flexibility index (Phi) is 19.8. The third-order valence-corrected chi connectivity index (χ3v) is 0.464. The molecule has 0 aromatic rings. The first-order valence-electron chi connectivity index (χ1n) is 1.99. The molecule has 0 saturated heterocycles. The van der Waals surface area contributed by atoms with Crippen LogP contribution < -0.4 is 18.9 Å². The van der Waals surface area contributed by atoms with Crippen LogP contribution in [0.2, 0.25) is 0 Å². The van der Waals surface area contributed by atoms with Crippen molar-refractivity contribution < 1.29 is 34.2 Å². The molecule has 44 valence electrons. The van der Waals surface area contributed by atoms with Crippen LogP contribution in [0.15, 0.2) is 0 Å². The molecule has 8 heavy (non-hydrogen) atoms. The molecule has 0 atom stereocenters. The molecule has 0 aromatic carbocycles. The number of aliphatic carboxylic acids is 1. The van der Waals surface area contributed by atoms with Gasteiger partial charge < -0.3 is 10.6 Å². The van der Waals surface area contributed by atoms with E-state index in [1.807, 2.05) is 6.92 Å². The van der Waals surface area contributed by atoms with Crippen molar-refractivity contribution in [1.29, 1.82) is 0 Å². The van der Waals surface area contributed by atoms with E-state index in [2.05, 4.69) is 0 Å². The van der Waals surface area contributed by atoms with E-state index < -0.39 is 5.97 Å². The normalized spacial score (nSPS) is 6.12. The summed E-state index contributed by atoms with van der Waals surface area (Å²) < 4.78 is 0. The third-order valence-electron chi connectivity index (χ3n) is 0.464. The molecule has 2 N–H and O–H groups in total. The minimum atomic E-state index is -0.711. The molecule has 0 unspecified atom stereocenters. The molecule has 0 heterocycles. The van der Waals surface area contributed by atoms with Gasteiger partial charge in [0.15, 0.2) is 0 Å². The monoisotopic (exact) mass is 112 g/mol. The summed E-state index contributed by atoms with van der Waals surface area (Å²) in [5, 5.41) is 7.91. The van der Waals surface area contributed by atoms with E-state index >= 15 is 0 Å². The zero-order valence-electron chi connectivity index (χ0n) is 5.22. The maximum Gasteiger partial charge on any atom is 1.00 e. The largest absolute Gasteiger partial charge is 1.00 e. The van der Waals surface area contributed by atoms with Gasteiger partial charge >= 0.3 is 24.8 Å². The Labute approximate surface area is 60.6 Å². The van der Waals surface area contributed by atoms with Gasteiger partial charge in [0.25, 0.3) is 0 Å². The van der Waals surface area contributed by atoms with E-state index in [1.54, 1.807) is 0 Å². The fourth-order valence-electron chi connectivity index (χ4n) is 0.214. The third kappa shape index (κ3) is 16.6. The molecular formula is C4H9LiO3. The van der Waals surface area contributed by atoms with Crippen molar-refractivity contribution in [2.75, 3.05) is 0 Å². The molecule has 0 aliphatic carbocycles. The first-order chi connectivity index (χ1) is 2.77. The van der Waals surface area contributed by atoms with Crippen LogP contribution in [-0.2, 0) is 4.79 Å². The maximum atomic E-state index is 9.60. The number of carbonyl (C=O) groups is 1. The van der Waals surface area contributed by atoms with Crippen LogP contribution in [0.25, 0.3) is 0 Å². The Hall–Kier alpha value is 0.0274. The molecule has 0 bridgehead atoms. The standard InChI is InChI=1S/C4H8O2.Li.H2O/c1-2-3-4(5)6;;/h2-3H2,1H3,(H,5,6);;1H2/q;+1;/p-1. The zero-order valence-corrected chi connectivity index (χ0v) is 5.22. The maximum absolute atomic E-state index is 9.60. The summed E-state index contributed by atoms with van der Waals surface area (Å²) in [6.07, 6.45) is 1.02. The van der Waals surface area contributed by atoms with Crippen molar-refractivity contribution in [3.05, 3.63) is 0 Å². The predicted molar refractivity (Wildman–Crippen MR) is 24.5 cm³/mol. The van der Waals surface area contributed by atoms with E-state index in [0.29, 0.717) is 6.42 Å². The van der Waals surface area contributed by atoms with Gasteiger partial charge in [-0.05, 0) is 6.42 Å². The molecule has 0 rings (SSSR count). The second-order valence-corrected chi connectivity index (χ2v) is 1.14. The fraction of sp³-hybridized carbons (Fsp3) is 0.750. The molecule has 0 aliphatic rings. The van der Waals surface area contributed by atoms with Gasteiger partial charge in [-0.3, -0.25) is 4.79 Å². The molecule has 0 saturated carbocycles. The van der Waals surface area contributed by atoms with Gasteiger partial charge in [0.1, 0.15) is 0 Å². The molecule has 0 radical (unpaired) electrons. The van der Waals surface area contributed by atoms with E-state index in [4.69, 9.17) is 5.11 Å². The van der Waals surface area contributed by atoms with E-state index in [9.17, 15) is 4.79 Å². The molecule has 4 heteroatoms. The van der Waals surface area contributed by atoms with Crippen molar-refractivity contribution >= 4 is 5.97 Å². The molecule has 3 nitrogen and oxygen atoms in total. The zero-order chi connectivity index (χ0) is 4.99. The van der Waals surface area contributed by atoms with Crippen molar-refractivity contribution in [2.24, 2.45) is 0 Å². The topological polar surface area (TPSA) is 67.3 Å². The van der Waals surface area contributed by atoms with E-state index in [1.165, 1.54) is 0 Å². The molecule has 0 spiro atoms. The van der Waals surface area contributed by atoms with Crippen molar-refractivity contribution in [1.82, 2.24) is 0 Å². The summed E-state index contributed by atoms with van der Waals surface area (Å²) >= 11 is 0. The van der Waals surface area contributed by atoms with Crippen molar-refractivity contribution in [2.45, 2.75) is 19.8 Å². The minimum Gasteiger partial charge on any atom is -0.870 e. The fourth-order valence-corrected chi connectivity index (χ4v) is 0.214. The van der Waals surface area contributed by atoms with Crippen LogP contribution >= 0.6 is 0 Å². The first kappa shape index (κ1) is 15.7. The van der Waals surface area contributed by atoms with Crippen LogP contribution in [0.1, 0.15) is 19.8 Å². The van der Waals surface area contributed by atoms with Crippen molar-refractivity contribution in [3.8, 4) is 0 Å². The number of hydrogen-bond acceptors (Lipinski definition) is 2. The molecule has 0 aliphatic heterocycles. The van der Waals surface area contributed by atoms with Crippen LogP contribution in [0.5, 0.6) is 0 Å². The van der Waals surface area contributed by atoms with Gasteiger partial charge in [-0.2, -0.15) is 0 Å². The quantitative estimate of drug-likeness (QED) is 0.408. The number of hydrogen-bond donors (Lipinski definition) is 1. The van der Waals surface area contributed by atoms with Crippen molar-refractivity contribution in [3.63, 3.8) is 0 Å². The van der Waals surface area contributed by atoms with E-state index in [0.717, 1.165) is 6.42 Å². The summed E-state index contributed by atoms with van der Waals surface area (Å²) in [6.45, 7) is 1.84. The Balaban J connectivity index is -0.000000125. The van der Waals surface area contributed by atoms with Crippen LogP contribution in [0.4, 0.5) is 0 Å². The van der Waals surface area contributed by atoms with Gasteiger partial charge in [-0.15, -0.1) is 0 Å². The average molecular weight is 112 g/mol. The minimum absolute atomic E-state index is 0. The van der Waals surface area contributed by atoms with Gasteiger partial charge in [0.05, 0.1) is 0 Å². The Bertz CT molecular complexity index is 55.2. The summed E-state index contributed by atoms with van der Waals surface area (Å²) in [5.41, 5.74) is 0. The first-order valence-corrected chi connectivity index (χ1v) is 1.99. The smallest absolute Gasteiger partial charge is 0.870 e. The predicted octanol–water partition coefficient (Wildman–Crippen LogP) is -2.30. The van der Waals surface area contributed by atoms with Gasteiger partial charge in [-0.1, -0.05) is 6.92 Å². The number of carboxylic acid groups (broad SMARTS) is 1. The summed E-state index contributed by atoms with van der Waals surface area (Å²) in [5.74, 6) is -0.711. The van der Waals surface area contributed by atoms with Gasteiger partial charge in [-0.25, -0.2) is 0 Å². The van der Waals surface area contributed by atoms with E-state index in [-0.39, 0.29) is 24.3 Å². The second-order valence-electron chi connectivity index (χ2n) is 1.14. The van der Waals surface area contributed by atoms with Crippen LogP contribution in [0.3, 0.4) is 0 Å². The average Bonchev–Trinajstić information content (AvgIpc) is 1.35. The Morgan fingerprint density at radius 3 is 2.00 bits per heavy atom. The number of carboxylic acids is 1. The molecule has 0 aromatic heterocycles. The molecular weight excluding hydrogens is 103 g/mol. The molecule has 0 fully saturated rings. The number of rotatable bonds is 2. The summed E-state index contributed by atoms with van der Waals surface area (Å²) in [4.78, 5) is 9.60. The van der Waals surface area contributed by atoms with Crippen LogP contribution in [-0.4, -0.2) is 16.6 Å². The summed E-state index contributed by atoms with van der Waals surface area (Å²) in [7, 11) is 0. The SMILES string of the molecule is CCCC(=O)O.[Li+].[OH-]. The van der Waals surface area contributed by atoms with Gasteiger partial charge in [0.2, 0.25) is 0 Å². The Morgan fingerprint density at radius 1 is 1.62 bits per heavy atom. The molecule has 0 amide bonds. The summed E-state index contributed by atoms with van der Waals surface area (Å²) in [6, 6.07) is 0. The van der Waals surface area contributed by atoms with Crippen LogP contribution in [0, 0.1) is 0 Å². The second kappa shape index (κ2) is 10.1. The van der Waals surface area contributed by atoms with Gasteiger partial charge in [0, 0.05) is 6.42 Å².